The van der Waals surface area contributed by atoms with Gasteiger partial charge in [-0.15, -0.1) is 0 Å². The number of hydrogen-bond acceptors (Lipinski definition) is 5. The van der Waals surface area contributed by atoms with Crippen molar-refractivity contribution in [1.29, 1.82) is 0 Å². The summed E-state index contributed by atoms with van der Waals surface area (Å²) in [5, 5.41) is 32.4. The molecule has 1 rings (SSSR count). The molecule has 142 valence electrons. The molecule has 1 N–H and O–H groups in total. The standard InChI is InChI=1S/C18H24N2O6/c1-3-4-5-7-10-13(2)15(17(19(23)24)20(25)26)16(18(21)22)14-11-8-6-9-12-14/h6,8-9,11-13,17H,3-5,7,10H2,1-2H3,(H,21,22)/b16-15+. The lowest BCUT2D eigenvalue weighted by Gasteiger charge is -2.18. The van der Waals surface area contributed by atoms with E-state index in [0.717, 1.165) is 25.7 Å². The molecule has 8 heteroatoms. The summed E-state index contributed by atoms with van der Waals surface area (Å²) in [6, 6.07) is 7.84. The lowest BCUT2D eigenvalue weighted by atomic mass is 9.86. The second-order valence-electron chi connectivity index (χ2n) is 6.20. The van der Waals surface area contributed by atoms with Crippen LogP contribution in [-0.4, -0.2) is 27.1 Å². The number of carboxylic acids is 1. The van der Waals surface area contributed by atoms with Crippen LogP contribution in [0.5, 0.6) is 0 Å². The third-order valence-corrected chi connectivity index (χ3v) is 4.26. The third-order valence-electron chi connectivity index (χ3n) is 4.26. The summed E-state index contributed by atoms with van der Waals surface area (Å²) in [5.74, 6) is -2.00. The molecule has 1 unspecified atom stereocenters. The Morgan fingerprint density at radius 1 is 1.08 bits per heavy atom. The van der Waals surface area contributed by atoms with Gasteiger partial charge in [-0.05, 0) is 17.9 Å². The highest BCUT2D eigenvalue weighted by molar-refractivity contribution is 6.16. The molecule has 0 radical (unpaired) electrons. The minimum atomic E-state index is -2.28. The van der Waals surface area contributed by atoms with Crippen LogP contribution in [0.2, 0.25) is 0 Å². The fourth-order valence-corrected chi connectivity index (χ4v) is 2.99. The van der Waals surface area contributed by atoms with E-state index in [1.165, 1.54) is 12.1 Å². The first kappa shape index (κ1) is 21.3. The highest BCUT2D eigenvalue weighted by atomic mass is 16.7. The fraction of sp³-hybridized carbons (Fsp3) is 0.500. The van der Waals surface area contributed by atoms with Gasteiger partial charge in [0.25, 0.3) is 0 Å². The zero-order valence-electron chi connectivity index (χ0n) is 15.0. The number of carboxylic acid groups (broad SMARTS) is 1. The molecule has 0 bridgehead atoms. The van der Waals surface area contributed by atoms with Crippen molar-refractivity contribution in [3.8, 4) is 0 Å². The van der Waals surface area contributed by atoms with Crippen LogP contribution >= 0.6 is 0 Å². The highest BCUT2D eigenvalue weighted by Crippen LogP contribution is 2.31. The molecule has 0 aromatic heterocycles. The lowest BCUT2D eigenvalue weighted by Crippen LogP contribution is -2.35. The van der Waals surface area contributed by atoms with Crippen LogP contribution < -0.4 is 0 Å². The Morgan fingerprint density at radius 3 is 2.12 bits per heavy atom. The van der Waals surface area contributed by atoms with Gasteiger partial charge in [0.05, 0.1) is 11.1 Å². The molecule has 0 aliphatic rings. The zero-order chi connectivity index (χ0) is 19.7. The van der Waals surface area contributed by atoms with Gasteiger partial charge in [-0.3, -0.25) is 20.2 Å². The largest absolute Gasteiger partial charge is 0.478 e. The summed E-state index contributed by atoms with van der Waals surface area (Å²) < 4.78 is 0. The van der Waals surface area contributed by atoms with Gasteiger partial charge in [0.1, 0.15) is 9.85 Å². The number of carbonyl (C=O) groups is 1. The molecule has 1 aromatic rings. The number of nitrogens with zero attached hydrogens (tertiary/aromatic N) is 2. The molecule has 0 heterocycles. The van der Waals surface area contributed by atoms with Crippen molar-refractivity contribution in [1.82, 2.24) is 0 Å². The van der Waals surface area contributed by atoms with Crippen LogP contribution in [0.1, 0.15) is 51.5 Å². The normalized spacial score (nSPS) is 13.2. The predicted octanol–water partition coefficient (Wildman–Crippen LogP) is 4.01. The van der Waals surface area contributed by atoms with Crippen LogP contribution in [0.4, 0.5) is 0 Å². The van der Waals surface area contributed by atoms with Gasteiger partial charge in [0.2, 0.25) is 0 Å². The Kier molecular flexibility index (Phi) is 8.41. The Hall–Kier alpha value is -2.77. The van der Waals surface area contributed by atoms with Crippen LogP contribution in [0.25, 0.3) is 5.57 Å². The molecule has 0 saturated carbocycles. The molecule has 26 heavy (non-hydrogen) atoms. The van der Waals surface area contributed by atoms with E-state index in [9.17, 15) is 30.1 Å². The summed E-state index contributed by atoms with van der Waals surface area (Å²) in [6.45, 7) is 3.66. The monoisotopic (exact) mass is 364 g/mol. The molecule has 0 aliphatic carbocycles. The van der Waals surface area contributed by atoms with Crippen molar-refractivity contribution in [3.63, 3.8) is 0 Å². The second kappa shape index (κ2) is 10.3. The van der Waals surface area contributed by atoms with E-state index in [1.807, 2.05) is 6.92 Å². The summed E-state index contributed by atoms with van der Waals surface area (Å²) in [5.41, 5.74) is -0.383. The Balaban J connectivity index is 3.47. The van der Waals surface area contributed by atoms with Crippen molar-refractivity contribution in [2.45, 2.75) is 52.1 Å². The summed E-state index contributed by atoms with van der Waals surface area (Å²) in [4.78, 5) is 32.5. The first-order chi connectivity index (χ1) is 12.3. The van der Waals surface area contributed by atoms with Gasteiger partial charge in [0, 0.05) is 0 Å². The average Bonchev–Trinajstić information content (AvgIpc) is 2.58. The average molecular weight is 364 g/mol. The molecular formula is C18H24N2O6. The van der Waals surface area contributed by atoms with Crippen LogP contribution in [-0.2, 0) is 4.79 Å². The fourth-order valence-electron chi connectivity index (χ4n) is 2.99. The van der Waals surface area contributed by atoms with Gasteiger partial charge in [0.15, 0.2) is 0 Å². The molecule has 1 aromatic carbocycles. The van der Waals surface area contributed by atoms with E-state index < -0.39 is 27.9 Å². The minimum absolute atomic E-state index is 0.226. The van der Waals surface area contributed by atoms with E-state index in [1.54, 1.807) is 25.1 Å². The molecule has 0 fully saturated rings. The van der Waals surface area contributed by atoms with Crippen LogP contribution in [0.3, 0.4) is 0 Å². The number of rotatable bonds is 11. The van der Waals surface area contributed by atoms with Crippen molar-refractivity contribution in [3.05, 3.63) is 61.7 Å². The number of nitro groups is 2. The summed E-state index contributed by atoms with van der Waals surface area (Å²) in [7, 11) is 0. The van der Waals surface area contributed by atoms with Gasteiger partial charge in [-0.2, -0.15) is 0 Å². The topological polar surface area (TPSA) is 124 Å². The van der Waals surface area contributed by atoms with Crippen molar-refractivity contribution in [2.24, 2.45) is 5.92 Å². The van der Waals surface area contributed by atoms with Crippen molar-refractivity contribution < 1.29 is 19.7 Å². The van der Waals surface area contributed by atoms with E-state index >= 15 is 0 Å². The maximum Gasteiger partial charge on any atom is 0.474 e. The molecular weight excluding hydrogens is 340 g/mol. The van der Waals surface area contributed by atoms with Crippen molar-refractivity contribution >= 4 is 11.5 Å². The molecule has 1 atom stereocenters. The highest BCUT2D eigenvalue weighted by Gasteiger charge is 2.43. The van der Waals surface area contributed by atoms with Gasteiger partial charge < -0.3 is 5.11 Å². The van der Waals surface area contributed by atoms with E-state index in [-0.39, 0.29) is 16.7 Å². The SMILES string of the molecule is CCCCCCC(C)/C(=C(\C(=O)O)c1ccccc1)C([N+](=O)[O-])[N+](=O)[O-]. The first-order valence-electron chi connectivity index (χ1n) is 8.61. The van der Waals surface area contributed by atoms with E-state index in [0.29, 0.717) is 6.42 Å². The number of benzene rings is 1. The summed E-state index contributed by atoms with van der Waals surface area (Å²) >= 11 is 0. The maximum absolute atomic E-state index is 11.9. The van der Waals surface area contributed by atoms with E-state index in [4.69, 9.17) is 0 Å². The third kappa shape index (κ3) is 5.65. The second-order valence-corrected chi connectivity index (χ2v) is 6.20. The Bertz CT molecular complexity index is 658. The zero-order valence-corrected chi connectivity index (χ0v) is 15.0. The first-order valence-corrected chi connectivity index (χ1v) is 8.61. The van der Waals surface area contributed by atoms with Gasteiger partial charge in [-0.1, -0.05) is 69.9 Å². The molecule has 0 spiro atoms. The maximum atomic E-state index is 11.9. The van der Waals surface area contributed by atoms with Crippen molar-refractivity contribution in [2.75, 3.05) is 0 Å². The van der Waals surface area contributed by atoms with E-state index in [2.05, 4.69) is 0 Å². The number of unbranched alkanes of at least 4 members (excludes halogenated alkanes) is 3. The smallest absolute Gasteiger partial charge is 0.474 e. The molecule has 0 aliphatic heterocycles. The van der Waals surface area contributed by atoms with Crippen LogP contribution in [0.15, 0.2) is 35.9 Å². The van der Waals surface area contributed by atoms with Gasteiger partial charge in [-0.25, -0.2) is 4.79 Å². The van der Waals surface area contributed by atoms with Crippen LogP contribution in [0, 0.1) is 26.1 Å². The molecule has 8 nitrogen and oxygen atoms in total. The number of aliphatic carboxylic acids is 1. The summed E-state index contributed by atoms with van der Waals surface area (Å²) in [6.07, 6.45) is 1.79. The Labute approximate surface area is 151 Å². The minimum Gasteiger partial charge on any atom is -0.478 e. The predicted molar refractivity (Wildman–Crippen MR) is 96.7 cm³/mol. The Morgan fingerprint density at radius 2 is 1.65 bits per heavy atom. The molecule has 0 amide bonds. The number of hydrogen-bond donors (Lipinski definition) is 1. The van der Waals surface area contributed by atoms with Gasteiger partial charge >= 0.3 is 12.1 Å². The lowest BCUT2D eigenvalue weighted by molar-refractivity contribution is -0.731. The quantitative estimate of drug-likeness (QED) is 0.208. The molecule has 0 saturated heterocycles.